The average Bonchev–Trinajstić information content (AvgIpc) is 2.56. The zero-order valence-electron chi connectivity index (χ0n) is 13.6. The lowest BCUT2D eigenvalue weighted by Crippen LogP contribution is -2.47. The number of rotatable bonds is 8. The second-order valence-electron chi connectivity index (χ2n) is 5.11. The van der Waals surface area contributed by atoms with Gasteiger partial charge in [0, 0.05) is 11.1 Å². The number of amides is 1. The molecule has 0 aliphatic carbocycles. The molecule has 0 spiro atoms. The van der Waals surface area contributed by atoms with Crippen LogP contribution in [-0.4, -0.2) is 36.6 Å². The van der Waals surface area contributed by atoms with Gasteiger partial charge in [0.1, 0.15) is 6.04 Å². The minimum atomic E-state index is -0.809. The molecule has 0 saturated heterocycles. The minimum Gasteiger partial charge on any atom is -0.477 e. The van der Waals surface area contributed by atoms with Crippen molar-refractivity contribution < 1.29 is 24.0 Å². The number of hydrogen-bond donors (Lipinski definition) is 1. The first-order valence-corrected chi connectivity index (χ1v) is 7.61. The highest BCUT2D eigenvalue weighted by Gasteiger charge is 2.27. The molecule has 1 N–H and O–H groups in total. The van der Waals surface area contributed by atoms with Crippen molar-refractivity contribution in [2.24, 2.45) is 5.92 Å². The molecule has 132 valence electrons. The van der Waals surface area contributed by atoms with Crippen LogP contribution in [0.1, 0.15) is 20.3 Å². The molecule has 2 atom stereocenters. The van der Waals surface area contributed by atoms with E-state index in [9.17, 15) is 19.7 Å². The standard InChI is InChI=1S/C15H19ClN2O6/c1-4-9(2)14(15(20)23-3)17-13(19)8-24-12-6-5-10(16)7-11(12)18(21)22/h5-7,9,14H,4,8H2,1-3H3,(H,17,19)/t9-,14-/m1/s1. The molecule has 1 aromatic rings. The molecular weight excluding hydrogens is 340 g/mol. The first-order valence-electron chi connectivity index (χ1n) is 7.24. The Bertz CT molecular complexity index is 622. The molecule has 1 amide bonds. The monoisotopic (exact) mass is 358 g/mol. The van der Waals surface area contributed by atoms with Gasteiger partial charge in [0.25, 0.3) is 5.91 Å². The highest BCUT2D eigenvalue weighted by atomic mass is 35.5. The largest absolute Gasteiger partial charge is 0.477 e. The fourth-order valence-electron chi connectivity index (χ4n) is 1.91. The van der Waals surface area contributed by atoms with Gasteiger partial charge in [-0.05, 0) is 18.1 Å². The summed E-state index contributed by atoms with van der Waals surface area (Å²) >= 11 is 5.70. The maximum Gasteiger partial charge on any atom is 0.328 e. The van der Waals surface area contributed by atoms with E-state index < -0.39 is 29.4 Å². The van der Waals surface area contributed by atoms with Crippen molar-refractivity contribution in [1.29, 1.82) is 0 Å². The Balaban J connectivity index is 2.75. The van der Waals surface area contributed by atoms with E-state index in [1.807, 2.05) is 6.92 Å². The average molecular weight is 359 g/mol. The topological polar surface area (TPSA) is 108 Å². The number of nitro benzene ring substituents is 1. The number of halogens is 1. The normalized spacial score (nSPS) is 12.8. The van der Waals surface area contributed by atoms with Crippen LogP contribution in [0.4, 0.5) is 5.69 Å². The Morgan fingerprint density at radius 3 is 2.62 bits per heavy atom. The van der Waals surface area contributed by atoms with Crippen LogP contribution < -0.4 is 10.1 Å². The van der Waals surface area contributed by atoms with Gasteiger partial charge in [-0.3, -0.25) is 14.9 Å². The molecule has 0 fully saturated rings. The third-order valence-corrected chi connectivity index (χ3v) is 3.70. The van der Waals surface area contributed by atoms with Crippen LogP contribution in [0.15, 0.2) is 18.2 Å². The highest BCUT2D eigenvalue weighted by molar-refractivity contribution is 6.30. The number of nitro groups is 1. The van der Waals surface area contributed by atoms with Crippen LogP contribution >= 0.6 is 11.6 Å². The Morgan fingerprint density at radius 2 is 2.08 bits per heavy atom. The van der Waals surface area contributed by atoms with Crippen molar-refractivity contribution >= 4 is 29.2 Å². The van der Waals surface area contributed by atoms with Crippen molar-refractivity contribution in [3.8, 4) is 5.75 Å². The number of hydrogen-bond acceptors (Lipinski definition) is 6. The van der Waals surface area contributed by atoms with Gasteiger partial charge >= 0.3 is 11.7 Å². The highest BCUT2D eigenvalue weighted by Crippen LogP contribution is 2.29. The SMILES string of the molecule is CC[C@@H](C)[C@@H](NC(=O)COc1ccc(Cl)cc1[N+](=O)[O-])C(=O)OC. The lowest BCUT2D eigenvalue weighted by molar-refractivity contribution is -0.385. The molecule has 0 saturated carbocycles. The van der Waals surface area contributed by atoms with Crippen LogP contribution in [0.5, 0.6) is 5.75 Å². The fraction of sp³-hybridized carbons (Fsp3) is 0.467. The zero-order valence-corrected chi connectivity index (χ0v) is 14.3. The summed E-state index contributed by atoms with van der Waals surface area (Å²) in [5.41, 5.74) is -0.346. The van der Waals surface area contributed by atoms with Crippen LogP contribution in [0, 0.1) is 16.0 Å². The number of benzene rings is 1. The van der Waals surface area contributed by atoms with E-state index in [1.165, 1.54) is 19.2 Å². The minimum absolute atomic E-state index is 0.0855. The van der Waals surface area contributed by atoms with Crippen LogP contribution in [0.3, 0.4) is 0 Å². The van der Waals surface area contributed by atoms with Crippen LogP contribution in [0.25, 0.3) is 0 Å². The molecule has 24 heavy (non-hydrogen) atoms. The number of nitrogens with zero attached hydrogens (tertiary/aromatic N) is 1. The lowest BCUT2D eigenvalue weighted by atomic mass is 9.99. The predicted octanol–water partition coefficient (Wildman–Crippen LogP) is 2.33. The molecule has 0 aromatic heterocycles. The molecule has 0 unspecified atom stereocenters. The number of methoxy groups -OCH3 is 1. The van der Waals surface area contributed by atoms with E-state index >= 15 is 0 Å². The summed E-state index contributed by atoms with van der Waals surface area (Å²) in [5.74, 6) is -1.37. The Hall–Kier alpha value is -2.35. The molecule has 8 nitrogen and oxygen atoms in total. The van der Waals surface area contributed by atoms with E-state index in [0.717, 1.165) is 6.07 Å². The van der Waals surface area contributed by atoms with E-state index in [-0.39, 0.29) is 22.4 Å². The van der Waals surface area contributed by atoms with Crippen LogP contribution in [-0.2, 0) is 14.3 Å². The van der Waals surface area contributed by atoms with Crippen molar-refractivity contribution in [2.75, 3.05) is 13.7 Å². The van der Waals surface area contributed by atoms with E-state index in [2.05, 4.69) is 10.1 Å². The van der Waals surface area contributed by atoms with Gasteiger partial charge in [-0.25, -0.2) is 4.79 Å². The molecule has 9 heteroatoms. The number of carbonyl (C=O) groups is 2. The molecule has 0 radical (unpaired) electrons. The smallest absolute Gasteiger partial charge is 0.328 e. The fourth-order valence-corrected chi connectivity index (χ4v) is 2.08. The van der Waals surface area contributed by atoms with Gasteiger partial charge in [-0.2, -0.15) is 0 Å². The number of nitrogens with one attached hydrogen (secondary N) is 1. The van der Waals surface area contributed by atoms with E-state index in [0.29, 0.717) is 6.42 Å². The Morgan fingerprint density at radius 1 is 1.42 bits per heavy atom. The quantitative estimate of drug-likeness (QED) is 0.434. The maximum atomic E-state index is 12.0. The second kappa shape index (κ2) is 9.07. The Kier molecular flexibility index (Phi) is 7.44. The molecule has 0 bridgehead atoms. The van der Waals surface area contributed by atoms with E-state index in [1.54, 1.807) is 6.92 Å². The van der Waals surface area contributed by atoms with Crippen molar-refractivity contribution in [3.05, 3.63) is 33.3 Å². The molecular formula is C15H19ClN2O6. The third kappa shape index (κ3) is 5.38. The summed E-state index contributed by atoms with van der Waals surface area (Å²) in [5, 5.41) is 13.7. The zero-order chi connectivity index (χ0) is 18.3. The molecule has 0 aliphatic heterocycles. The van der Waals surface area contributed by atoms with Gasteiger partial charge in [-0.1, -0.05) is 31.9 Å². The van der Waals surface area contributed by atoms with E-state index in [4.69, 9.17) is 16.3 Å². The van der Waals surface area contributed by atoms with Gasteiger partial charge in [0.05, 0.1) is 12.0 Å². The first-order chi connectivity index (χ1) is 11.3. The van der Waals surface area contributed by atoms with Gasteiger partial charge in [0.2, 0.25) is 0 Å². The second-order valence-corrected chi connectivity index (χ2v) is 5.55. The molecule has 0 aliphatic rings. The molecule has 1 aromatic carbocycles. The molecule has 1 rings (SSSR count). The van der Waals surface area contributed by atoms with Gasteiger partial charge < -0.3 is 14.8 Å². The summed E-state index contributed by atoms with van der Waals surface area (Å²) in [6, 6.07) is 3.04. The summed E-state index contributed by atoms with van der Waals surface area (Å²) in [4.78, 5) is 34.0. The summed E-state index contributed by atoms with van der Waals surface area (Å²) in [7, 11) is 1.23. The third-order valence-electron chi connectivity index (χ3n) is 3.46. The lowest BCUT2D eigenvalue weighted by Gasteiger charge is -2.21. The number of carbonyl (C=O) groups excluding carboxylic acids is 2. The molecule has 0 heterocycles. The Labute approximate surface area is 144 Å². The first kappa shape index (κ1) is 19.7. The van der Waals surface area contributed by atoms with Gasteiger partial charge in [-0.15, -0.1) is 0 Å². The number of esters is 1. The van der Waals surface area contributed by atoms with Crippen molar-refractivity contribution in [2.45, 2.75) is 26.3 Å². The van der Waals surface area contributed by atoms with Crippen LogP contribution in [0.2, 0.25) is 5.02 Å². The van der Waals surface area contributed by atoms with Crippen molar-refractivity contribution in [1.82, 2.24) is 5.32 Å². The summed E-state index contributed by atoms with van der Waals surface area (Å²) in [6.45, 7) is 3.19. The summed E-state index contributed by atoms with van der Waals surface area (Å²) in [6.07, 6.45) is 0.656. The number of ether oxygens (including phenoxy) is 2. The maximum absolute atomic E-state index is 12.0. The van der Waals surface area contributed by atoms with Gasteiger partial charge in [0.15, 0.2) is 12.4 Å². The summed E-state index contributed by atoms with van der Waals surface area (Å²) < 4.78 is 9.84. The predicted molar refractivity (Wildman–Crippen MR) is 87.0 cm³/mol. The van der Waals surface area contributed by atoms with Crippen molar-refractivity contribution in [3.63, 3.8) is 0 Å².